The Balaban J connectivity index is 2.46. The van der Waals surface area contributed by atoms with E-state index in [1.165, 1.54) is 0 Å². The molecular weight excluding hydrogens is 156 g/mol. The molecule has 0 saturated heterocycles. The molecule has 0 unspecified atom stereocenters. The van der Waals surface area contributed by atoms with Crippen molar-refractivity contribution >= 4 is 5.97 Å². The Hall–Kier alpha value is -1.51. The molecule has 1 heterocycles. The fourth-order valence-electron chi connectivity index (χ4n) is 1.12. The third kappa shape index (κ3) is 1.13. The van der Waals surface area contributed by atoms with Crippen molar-refractivity contribution in [3.8, 4) is 5.75 Å². The molecule has 1 aromatic rings. The van der Waals surface area contributed by atoms with E-state index < -0.39 is 0 Å². The largest absolute Gasteiger partial charge is 0.489 e. The number of carbonyl (C=O) groups is 1. The van der Waals surface area contributed by atoms with Gasteiger partial charge in [-0.25, -0.2) is 4.79 Å². The zero-order chi connectivity index (χ0) is 8.39. The molecule has 3 heteroatoms. The summed E-state index contributed by atoms with van der Waals surface area (Å²) in [4.78, 5) is 11.2. The monoisotopic (exact) mass is 164 g/mol. The van der Waals surface area contributed by atoms with Gasteiger partial charge in [0.15, 0.2) is 0 Å². The summed E-state index contributed by atoms with van der Waals surface area (Å²) < 4.78 is 10.1. The Labute approximate surface area is 69.9 Å². The van der Waals surface area contributed by atoms with Crippen LogP contribution in [0.2, 0.25) is 0 Å². The summed E-state index contributed by atoms with van der Waals surface area (Å²) in [6.45, 7) is 0.760. The molecule has 0 N–H and O–H groups in total. The maximum absolute atomic E-state index is 11.2. The van der Waals surface area contributed by atoms with Gasteiger partial charge >= 0.3 is 5.97 Å². The molecule has 0 spiro atoms. The maximum Gasteiger partial charge on any atom is 0.342 e. The zero-order valence-electron chi connectivity index (χ0n) is 6.45. The number of benzene rings is 1. The lowest BCUT2D eigenvalue weighted by Crippen LogP contribution is -2.05. The van der Waals surface area contributed by atoms with E-state index >= 15 is 0 Å². The summed E-state index contributed by atoms with van der Waals surface area (Å²) in [6.07, 6.45) is 0. The van der Waals surface area contributed by atoms with Gasteiger partial charge in [-0.05, 0) is 12.1 Å². The first kappa shape index (κ1) is 7.16. The Bertz CT molecular complexity index is 306. The van der Waals surface area contributed by atoms with E-state index in [1.807, 2.05) is 6.07 Å². The van der Waals surface area contributed by atoms with E-state index in [4.69, 9.17) is 9.47 Å². The molecular formula is C9H8O3. The molecule has 0 radical (unpaired) electrons. The van der Waals surface area contributed by atoms with Crippen LogP contribution in [0.3, 0.4) is 0 Å². The number of ether oxygens (including phenoxy) is 2. The quantitative estimate of drug-likeness (QED) is 0.541. The second-order valence-corrected chi connectivity index (χ2v) is 2.48. The first-order chi connectivity index (χ1) is 5.88. The zero-order valence-corrected chi connectivity index (χ0v) is 6.45. The third-order valence-electron chi connectivity index (χ3n) is 1.68. The average Bonchev–Trinajstić information content (AvgIpc) is 2.29. The molecule has 0 atom stereocenters. The number of hydrogen-bond acceptors (Lipinski definition) is 3. The van der Waals surface area contributed by atoms with Crippen molar-refractivity contribution in [1.29, 1.82) is 0 Å². The van der Waals surface area contributed by atoms with Crippen LogP contribution in [0, 0.1) is 0 Å². The SMILES string of the molecule is O=C1OCCOc2ccccc21. The number of hydrogen-bond donors (Lipinski definition) is 0. The van der Waals surface area contributed by atoms with Crippen molar-refractivity contribution in [2.45, 2.75) is 0 Å². The van der Waals surface area contributed by atoms with Crippen LogP contribution in [0.4, 0.5) is 0 Å². The van der Waals surface area contributed by atoms with Gasteiger partial charge in [-0.2, -0.15) is 0 Å². The van der Waals surface area contributed by atoms with Gasteiger partial charge in [-0.3, -0.25) is 0 Å². The highest BCUT2D eigenvalue weighted by atomic mass is 16.6. The van der Waals surface area contributed by atoms with Gasteiger partial charge < -0.3 is 9.47 Å². The summed E-state index contributed by atoms with van der Waals surface area (Å²) >= 11 is 0. The molecule has 0 bridgehead atoms. The van der Waals surface area contributed by atoms with E-state index in [1.54, 1.807) is 18.2 Å². The van der Waals surface area contributed by atoms with Crippen molar-refractivity contribution in [2.75, 3.05) is 13.2 Å². The van der Waals surface area contributed by atoms with E-state index in [9.17, 15) is 4.79 Å². The van der Waals surface area contributed by atoms with Crippen molar-refractivity contribution < 1.29 is 14.3 Å². The minimum Gasteiger partial charge on any atom is -0.489 e. The van der Waals surface area contributed by atoms with Gasteiger partial charge in [0, 0.05) is 0 Å². The van der Waals surface area contributed by atoms with Gasteiger partial charge in [0.25, 0.3) is 0 Å². The lowest BCUT2D eigenvalue weighted by molar-refractivity contribution is 0.0492. The normalized spacial score (nSPS) is 15.5. The van der Waals surface area contributed by atoms with Gasteiger partial charge in [0.2, 0.25) is 0 Å². The van der Waals surface area contributed by atoms with Crippen molar-refractivity contribution in [2.24, 2.45) is 0 Å². The maximum atomic E-state index is 11.2. The molecule has 0 aromatic heterocycles. The molecule has 62 valence electrons. The lowest BCUT2D eigenvalue weighted by atomic mass is 10.2. The molecule has 0 aliphatic carbocycles. The van der Waals surface area contributed by atoms with Crippen LogP contribution in [-0.2, 0) is 4.74 Å². The summed E-state index contributed by atoms with van der Waals surface area (Å²) in [6, 6.07) is 7.08. The standard InChI is InChI=1S/C9H8O3/c10-9-7-3-1-2-4-8(7)11-5-6-12-9/h1-4H,5-6H2. The van der Waals surface area contributed by atoms with Gasteiger partial charge in [0.05, 0.1) is 0 Å². The molecule has 0 saturated carbocycles. The van der Waals surface area contributed by atoms with Crippen molar-refractivity contribution in [1.82, 2.24) is 0 Å². The van der Waals surface area contributed by atoms with Crippen LogP contribution in [0.1, 0.15) is 10.4 Å². The van der Waals surface area contributed by atoms with Gasteiger partial charge in [0.1, 0.15) is 24.5 Å². The third-order valence-corrected chi connectivity index (χ3v) is 1.68. The molecule has 1 aliphatic heterocycles. The highest BCUT2D eigenvalue weighted by molar-refractivity contribution is 5.92. The van der Waals surface area contributed by atoms with Crippen molar-refractivity contribution in [3.05, 3.63) is 29.8 Å². The topological polar surface area (TPSA) is 35.5 Å². The number of rotatable bonds is 0. The lowest BCUT2D eigenvalue weighted by Gasteiger charge is -2.01. The smallest absolute Gasteiger partial charge is 0.342 e. The molecule has 1 aromatic carbocycles. The first-order valence-corrected chi connectivity index (χ1v) is 3.77. The van der Waals surface area contributed by atoms with Crippen LogP contribution < -0.4 is 4.74 Å². The summed E-state index contributed by atoms with van der Waals surface area (Å²) in [5, 5.41) is 0. The number of cyclic esters (lactones) is 1. The van der Waals surface area contributed by atoms with E-state index in [-0.39, 0.29) is 5.97 Å². The van der Waals surface area contributed by atoms with Crippen LogP contribution in [0.5, 0.6) is 5.75 Å². The minimum atomic E-state index is -0.303. The summed E-state index contributed by atoms with van der Waals surface area (Å²) in [5.74, 6) is 0.308. The number of carbonyl (C=O) groups excluding carboxylic acids is 1. The summed E-state index contributed by atoms with van der Waals surface area (Å²) in [7, 11) is 0. The highest BCUT2D eigenvalue weighted by Crippen LogP contribution is 2.20. The molecule has 0 fully saturated rings. The van der Waals surface area contributed by atoms with E-state index in [0.717, 1.165) is 0 Å². The molecule has 1 aliphatic rings. The summed E-state index contributed by atoms with van der Waals surface area (Å²) in [5.41, 5.74) is 0.509. The second-order valence-electron chi connectivity index (χ2n) is 2.48. The van der Waals surface area contributed by atoms with Crippen LogP contribution in [0.15, 0.2) is 24.3 Å². The highest BCUT2D eigenvalue weighted by Gasteiger charge is 2.16. The van der Waals surface area contributed by atoms with E-state index in [2.05, 4.69) is 0 Å². The van der Waals surface area contributed by atoms with Crippen LogP contribution in [-0.4, -0.2) is 19.2 Å². The Morgan fingerprint density at radius 2 is 1.83 bits per heavy atom. The Morgan fingerprint density at radius 1 is 1.08 bits per heavy atom. The number of fused-ring (bicyclic) bond motifs is 1. The van der Waals surface area contributed by atoms with Gasteiger partial charge in [-0.15, -0.1) is 0 Å². The van der Waals surface area contributed by atoms with Gasteiger partial charge in [-0.1, -0.05) is 12.1 Å². The fourth-order valence-corrected chi connectivity index (χ4v) is 1.12. The predicted octanol–water partition coefficient (Wildman–Crippen LogP) is 1.24. The molecule has 0 amide bonds. The number of para-hydroxylation sites is 1. The predicted molar refractivity (Wildman–Crippen MR) is 42.2 cm³/mol. The molecule has 12 heavy (non-hydrogen) atoms. The average molecular weight is 164 g/mol. The second kappa shape index (κ2) is 2.85. The molecule has 2 rings (SSSR count). The fraction of sp³-hybridized carbons (Fsp3) is 0.222. The number of esters is 1. The molecule has 3 nitrogen and oxygen atoms in total. The van der Waals surface area contributed by atoms with Crippen LogP contribution in [0.25, 0.3) is 0 Å². The Kier molecular flexibility index (Phi) is 1.70. The first-order valence-electron chi connectivity index (χ1n) is 3.77. The minimum absolute atomic E-state index is 0.303. The van der Waals surface area contributed by atoms with Crippen LogP contribution >= 0.6 is 0 Å². The van der Waals surface area contributed by atoms with Crippen molar-refractivity contribution in [3.63, 3.8) is 0 Å². The van der Waals surface area contributed by atoms with E-state index in [0.29, 0.717) is 24.5 Å². The Morgan fingerprint density at radius 3 is 2.75 bits per heavy atom.